The maximum Gasteiger partial charge on any atom is 0.248 e. The monoisotopic (exact) mass is 200 g/mol. The summed E-state index contributed by atoms with van der Waals surface area (Å²) in [6, 6.07) is 0. The topological polar surface area (TPSA) is 50.4 Å². The van der Waals surface area contributed by atoms with Crippen molar-refractivity contribution in [2.45, 2.75) is 26.4 Å². The zero-order valence-electron chi connectivity index (χ0n) is 9.01. The van der Waals surface area contributed by atoms with Crippen LogP contribution in [0.15, 0.2) is 0 Å². The van der Waals surface area contributed by atoms with Crippen LogP contribution < -0.4 is 10.6 Å². The number of likely N-dealkylation sites (N-methyl/N-ethyl adjacent to an activating group) is 1. The first kappa shape index (κ1) is 11.5. The summed E-state index contributed by atoms with van der Waals surface area (Å²) in [5.41, 5.74) is 0. The summed E-state index contributed by atoms with van der Waals surface area (Å²) in [6.07, 6.45) is 0.831. The number of nitrogens with one attached hydrogen (secondary N) is 2. The number of hydrogen-bond acceptors (Lipinski definition) is 3. The van der Waals surface area contributed by atoms with E-state index in [4.69, 9.17) is 4.74 Å². The average molecular weight is 200 g/mol. The largest absolute Gasteiger partial charge is 0.368 e. The van der Waals surface area contributed by atoms with Crippen LogP contribution in [0.4, 0.5) is 0 Å². The second kappa shape index (κ2) is 5.98. The van der Waals surface area contributed by atoms with Crippen molar-refractivity contribution in [3.63, 3.8) is 0 Å². The molecule has 2 atom stereocenters. The van der Waals surface area contributed by atoms with Crippen LogP contribution in [0.3, 0.4) is 0 Å². The number of carbonyl (C=O) groups is 1. The molecule has 0 aromatic rings. The fraction of sp³-hybridized carbons (Fsp3) is 0.900. The Bertz CT molecular complexity index is 179. The molecule has 2 N–H and O–H groups in total. The Hall–Kier alpha value is -0.610. The number of hydrogen-bond donors (Lipinski definition) is 2. The van der Waals surface area contributed by atoms with Crippen LogP contribution in [0.25, 0.3) is 0 Å². The average Bonchev–Trinajstić information content (AvgIpc) is 2.67. The lowest BCUT2D eigenvalue weighted by atomic mass is 10.1. The van der Waals surface area contributed by atoms with Gasteiger partial charge in [-0.15, -0.1) is 0 Å². The van der Waals surface area contributed by atoms with E-state index in [2.05, 4.69) is 10.6 Å². The molecule has 14 heavy (non-hydrogen) atoms. The molecule has 0 aliphatic carbocycles. The molecule has 2 unspecified atom stereocenters. The van der Waals surface area contributed by atoms with Gasteiger partial charge in [0.05, 0.1) is 6.61 Å². The fourth-order valence-electron chi connectivity index (χ4n) is 1.53. The van der Waals surface area contributed by atoms with E-state index >= 15 is 0 Å². The highest BCUT2D eigenvalue weighted by molar-refractivity contribution is 5.80. The Balaban J connectivity index is 2.13. The lowest BCUT2D eigenvalue weighted by molar-refractivity contribution is -0.132. The van der Waals surface area contributed by atoms with Crippen molar-refractivity contribution >= 4 is 5.91 Å². The van der Waals surface area contributed by atoms with Crippen molar-refractivity contribution in [2.24, 2.45) is 5.92 Å². The quantitative estimate of drug-likeness (QED) is 0.663. The Kier molecular flexibility index (Phi) is 4.90. The number of carbonyl (C=O) groups excluding carboxylic acids is 1. The minimum absolute atomic E-state index is 0.0153. The molecule has 1 aliphatic heterocycles. The molecule has 0 bridgehead atoms. The second-order valence-electron chi connectivity index (χ2n) is 3.73. The van der Waals surface area contributed by atoms with E-state index in [9.17, 15) is 4.79 Å². The first-order chi connectivity index (χ1) is 6.74. The van der Waals surface area contributed by atoms with E-state index in [-0.39, 0.29) is 12.0 Å². The molecule has 82 valence electrons. The van der Waals surface area contributed by atoms with E-state index < -0.39 is 0 Å². The third kappa shape index (κ3) is 3.64. The summed E-state index contributed by atoms with van der Waals surface area (Å²) in [4.78, 5) is 11.3. The fourth-order valence-corrected chi connectivity index (χ4v) is 1.53. The van der Waals surface area contributed by atoms with E-state index in [0.29, 0.717) is 19.1 Å². The van der Waals surface area contributed by atoms with Gasteiger partial charge in [-0.3, -0.25) is 4.79 Å². The van der Waals surface area contributed by atoms with Crippen LogP contribution in [0.2, 0.25) is 0 Å². The molecule has 1 heterocycles. The SMILES string of the molecule is CCNC(=O)C(C)OCC1CCNC1. The Morgan fingerprint density at radius 3 is 3.07 bits per heavy atom. The number of amides is 1. The molecule has 1 saturated heterocycles. The normalized spacial score (nSPS) is 23.4. The molecule has 0 aromatic carbocycles. The predicted octanol–water partition coefficient (Wildman–Crippen LogP) is 0.137. The smallest absolute Gasteiger partial charge is 0.248 e. The Labute approximate surface area is 85.4 Å². The van der Waals surface area contributed by atoms with Crippen LogP contribution in [0.1, 0.15) is 20.3 Å². The maximum atomic E-state index is 11.3. The van der Waals surface area contributed by atoms with Gasteiger partial charge in [0.2, 0.25) is 5.91 Å². The van der Waals surface area contributed by atoms with Gasteiger partial charge in [-0.2, -0.15) is 0 Å². The molecule has 0 radical (unpaired) electrons. The van der Waals surface area contributed by atoms with Crippen molar-refractivity contribution in [3.05, 3.63) is 0 Å². The molecule has 1 fully saturated rings. The second-order valence-corrected chi connectivity index (χ2v) is 3.73. The molecule has 4 heteroatoms. The standard InChI is InChI=1S/C10H20N2O2/c1-3-12-10(13)8(2)14-7-9-4-5-11-6-9/h8-9,11H,3-7H2,1-2H3,(H,12,13). The minimum atomic E-state index is -0.324. The van der Waals surface area contributed by atoms with Gasteiger partial charge in [0.25, 0.3) is 0 Å². The third-order valence-corrected chi connectivity index (χ3v) is 2.46. The van der Waals surface area contributed by atoms with Crippen molar-refractivity contribution < 1.29 is 9.53 Å². The first-order valence-corrected chi connectivity index (χ1v) is 5.34. The summed E-state index contributed by atoms with van der Waals surface area (Å²) in [5.74, 6) is 0.560. The van der Waals surface area contributed by atoms with Gasteiger partial charge in [-0.25, -0.2) is 0 Å². The minimum Gasteiger partial charge on any atom is -0.368 e. The summed E-state index contributed by atoms with van der Waals surface area (Å²) in [7, 11) is 0. The summed E-state index contributed by atoms with van der Waals surface area (Å²) in [6.45, 7) is 7.15. The predicted molar refractivity (Wildman–Crippen MR) is 55.1 cm³/mol. The van der Waals surface area contributed by atoms with Crippen molar-refractivity contribution in [1.82, 2.24) is 10.6 Å². The zero-order valence-corrected chi connectivity index (χ0v) is 9.01. The van der Waals surface area contributed by atoms with Crippen molar-refractivity contribution in [1.29, 1.82) is 0 Å². The summed E-state index contributed by atoms with van der Waals surface area (Å²) in [5, 5.41) is 6.01. The highest BCUT2D eigenvalue weighted by Crippen LogP contribution is 2.08. The van der Waals surface area contributed by atoms with E-state index in [1.807, 2.05) is 6.92 Å². The Morgan fingerprint density at radius 2 is 2.50 bits per heavy atom. The number of rotatable bonds is 5. The summed E-state index contributed by atoms with van der Waals surface area (Å²) < 4.78 is 5.49. The summed E-state index contributed by atoms with van der Waals surface area (Å²) >= 11 is 0. The third-order valence-electron chi connectivity index (χ3n) is 2.46. The molecular formula is C10H20N2O2. The molecule has 0 saturated carbocycles. The molecule has 1 rings (SSSR count). The van der Waals surface area contributed by atoms with Crippen molar-refractivity contribution in [2.75, 3.05) is 26.2 Å². The van der Waals surface area contributed by atoms with E-state index in [1.165, 1.54) is 0 Å². The maximum absolute atomic E-state index is 11.3. The van der Waals surface area contributed by atoms with Gasteiger partial charge >= 0.3 is 0 Å². The number of ether oxygens (including phenoxy) is 1. The van der Waals surface area contributed by atoms with Crippen LogP contribution in [-0.2, 0) is 9.53 Å². The lowest BCUT2D eigenvalue weighted by Gasteiger charge is -2.15. The highest BCUT2D eigenvalue weighted by atomic mass is 16.5. The van der Waals surface area contributed by atoms with E-state index in [1.54, 1.807) is 6.92 Å². The van der Waals surface area contributed by atoms with Crippen LogP contribution >= 0.6 is 0 Å². The first-order valence-electron chi connectivity index (χ1n) is 5.34. The van der Waals surface area contributed by atoms with Crippen LogP contribution in [0.5, 0.6) is 0 Å². The van der Waals surface area contributed by atoms with Gasteiger partial charge < -0.3 is 15.4 Å². The van der Waals surface area contributed by atoms with Gasteiger partial charge in [-0.05, 0) is 32.7 Å². The van der Waals surface area contributed by atoms with Crippen LogP contribution in [0, 0.1) is 5.92 Å². The zero-order chi connectivity index (χ0) is 10.4. The van der Waals surface area contributed by atoms with E-state index in [0.717, 1.165) is 19.5 Å². The van der Waals surface area contributed by atoms with Gasteiger partial charge in [0.15, 0.2) is 0 Å². The molecule has 0 aromatic heterocycles. The molecule has 4 nitrogen and oxygen atoms in total. The molecule has 1 amide bonds. The molecular weight excluding hydrogens is 180 g/mol. The van der Waals surface area contributed by atoms with Gasteiger partial charge in [0.1, 0.15) is 6.10 Å². The molecule has 0 spiro atoms. The van der Waals surface area contributed by atoms with Crippen LogP contribution in [-0.4, -0.2) is 38.3 Å². The lowest BCUT2D eigenvalue weighted by Crippen LogP contribution is -2.35. The highest BCUT2D eigenvalue weighted by Gasteiger charge is 2.18. The van der Waals surface area contributed by atoms with Gasteiger partial charge in [0, 0.05) is 13.1 Å². The van der Waals surface area contributed by atoms with Gasteiger partial charge in [-0.1, -0.05) is 0 Å². The van der Waals surface area contributed by atoms with Crippen molar-refractivity contribution in [3.8, 4) is 0 Å². The Morgan fingerprint density at radius 1 is 1.71 bits per heavy atom. The molecule has 1 aliphatic rings.